The van der Waals surface area contributed by atoms with E-state index in [0.29, 0.717) is 10.2 Å². The molecule has 6 heteroatoms. The van der Waals surface area contributed by atoms with Gasteiger partial charge in [-0.3, -0.25) is 14.2 Å². The van der Waals surface area contributed by atoms with Crippen LogP contribution in [0.3, 0.4) is 0 Å². The number of aryl methyl sites for hydroxylation is 1. The van der Waals surface area contributed by atoms with Gasteiger partial charge in [0.1, 0.15) is 10.3 Å². The van der Waals surface area contributed by atoms with Crippen molar-refractivity contribution in [3.05, 3.63) is 62.5 Å². The highest BCUT2D eigenvalue weighted by Gasteiger charge is 2.13. The minimum Gasteiger partial charge on any atom is -0.292 e. The molecule has 0 unspecified atom stereocenters. The number of aromatic nitrogens is 2. The van der Waals surface area contributed by atoms with E-state index in [-0.39, 0.29) is 17.7 Å². The van der Waals surface area contributed by atoms with Crippen molar-refractivity contribution in [3.63, 3.8) is 0 Å². The molecule has 0 spiro atoms. The second-order valence-corrected chi connectivity index (χ2v) is 4.77. The first kappa shape index (κ1) is 13.6. The lowest BCUT2D eigenvalue weighted by Gasteiger charge is -2.06. The zero-order chi connectivity index (χ0) is 14.0. The van der Waals surface area contributed by atoms with Gasteiger partial charge in [-0.25, -0.2) is 9.37 Å². The van der Waals surface area contributed by atoms with Crippen LogP contribution in [-0.2, 0) is 6.54 Å². The molecule has 2 aromatic rings. The third kappa shape index (κ3) is 2.78. The summed E-state index contributed by atoms with van der Waals surface area (Å²) in [4.78, 5) is 27.8. The summed E-state index contributed by atoms with van der Waals surface area (Å²) >= 11 is 3.11. The standard InChI is InChI=1S/C13H10BrFN2O2/c1-8-12(14)13(19)17(7-16-8)6-11(18)9-4-2-3-5-10(9)15/h2-5,7H,6H2,1H3. The molecule has 0 fully saturated rings. The van der Waals surface area contributed by atoms with E-state index in [2.05, 4.69) is 20.9 Å². The van der Waals surface area contributed by atoms with E-state index in [0.717, 1.165) is 4.57 Å². The lowest BCUT2D eigenvalue weighted by molar-refractivity contribution is 0.0966. The predicted octanol–water partition coefficient (Wildman–Crippen LogP) is 2.34. The molecule has 0 atom stereocenters. The summed E-state index contributed by atoms with van der Waals surface area (Å²) in [6.07, 6.45) is 1.28. The summed E-state index contributed by atoms with van der Waals surface area (Å²) in [6.45, 7) is 1.43. The first-order valence-electron chi connectivity index (χ1n) is 5.50. The van der Waals surface area contributed by atoms with Gasteiger partial charge in [-0.15, -0.1) is 0 Å². The highest BCUT2D eigenvalue weighted by atomic mass is 79.9. The Labute approximate surface area is 117 Å². The molecule has 1 aromatic heterocycles. The molecule has 0 saturated heterocycles. The molecule has 0 saturated carbocycles. The second kappa shape index (κ2) is 5.44. The number of carbonyl (C=O) groups is 1. The average molecular weight is 325 g/mol. The normalized spacial score (nSPS) is 10.5. The van der Waals surface area contributed by atoms with Gasteiger partial charge in [0.2, 0.25) is 0 Å². The van der Waals surface area contributed by atoms with Crippen LogP contribution in [0.5, 0.6) is 0 Å². The lowest BCUT2D eigenvalue weighted by Crippen LogP contribution is -2.26. The number of ketones is 1. The molecule has 98 valence electrons. The smallest absolute Gasteiger partial charge is 0.268 e. The molecule has 0 amide bonds. The van der Waals surface area contributed by atoms with Gasteiger partial charge in [0.15, 0.2) is 5.78 Å². The molecule has 1 heterocycles. The molecule has 0 bridgehead atoms. The fraction of sp³-hybridized carbons (Fsp3) is 0.154. The van der Waals surface area contributed by atoms with Crippen LogP contribution in [0.25, 0.3) is 0 Å². The van der Waals surface area contributed by atoms with Gasteiger partial charge in [0.25, 0.3) is 5.56 Å². The maximum Gasteiger partial charge on any atom is 0.268 e. The van der Waals surface area contributed by atoms with Crippen LogP contribution in [0.4, 0.5) is 4.39 Å². The predicted molar refractivity (Wildman–Crippen MR) is 71.7 cm³/mol. The van der Waals surface area contributed by atoms with Crippen molar-refractivity contribution in [2.75, 3.05) is 0 Å². The minimum atomic E-state index is -0.598. The first-order chi connectivity index (χ1) is 9.00. The fourth-order valence-corrected chi connectivity index (χ4v) is 1.92. The minimum absolute atomic E-state index is 0.0360. The summed E-state index contributed by atoms with van der Waals surface area (Å²) in [5.74, 6) is -1.07. The maximum atomic E-state index is 13.5. The number of nitrogens with zero attached hydrogens (tertiary/aromatic N) is 2. The largest absolute Gasteiger partial charge is 0.292 e. The molecule has 19 heavy (non-hydrogen) atoms. The molecule has 1 aromatic carbocycles. The fourth-order valence-electron chi connectivity index (χ4n) is 1.59. The van der Waals surface area contributed by atoms with Crippen molar-refractivity contribution in [2.45, 2.75) is 13.5 Å². The van der Waals surface area contributed by atoms with Crippen molar-refractivity contribution in [1.29, 1.82) is 0 Å². The SMILES string of the molecule is Cc1ncn(CC(=O)c2ccccc2F)c(=O)c1Br. The van der Waals surface area contributed by atoms with E-state index in [1.165, 1.54) is 24.5 Å². The van der Waals surface area contributed by atoms with Gasteiger partial charge in [0, 0.05) is 0 Å². The second-order valence-electron chi connectivity index (χ2n) is 3.98. The number of Topliss-reactive ketones (excluding diaryl/α,β-unsaturated/α-hetero) is 1. The lowest BCUT2D eigenvalue weighted by atomic mass is 10.1. The van der Waals surface area contributed by atoms with Crippen LogP contribution in [0.15, 0.2) is 39.9 Å². The molecule has 2 rings (SSSR count). The Kier molecular flexibility index (Phi) is 3.90. The molecule has 0 aliphatic carbocycles. The zero-order valence-corrected chi connectivity index (χ0v) is 11.6. The van der Waals surface area contributed by atoms with E-state index in [1.807, 2.05) is 0 Å². The van der Waals surface area contributed by atoms with Crippen molar-refractivity contribution in [1.82, 2.24) is 9.55 Å². The summed E-state index contributed by atoms with van der Waals surface area (Å²) in [5.41, 5.74) is 0.142. The van der Waals surface area contributed by atoms with E-state index in [1.54, 1.807) is 13.0 Å². The average Bonchev–Trinajstić information content (AvgIpc) is 2.40. The Bertz CT molecular complexity index is 697. The molecule has 4 nitrogen and oxygen atoms in total. The number of hydrogen-bond donors (Lipinski definition) is 0. The molecule has 0 aliphatic rings. The van der Waals surface area contributed by atoms with Crippen LogP contribution in [0.2, 0.25) is 0 Å². The number of benzene rings is 1. The van der Waals surface area contributed by atoms with Crippen molar-refractivity contribution in [3.8, 4) is 0 Å². The topological polar surface area (TPSA) is 52.0 Å². The Hall–Kier alpha value is -1.82. The summed E-state index contributed by atoms with van der Waals surface area (Å²) in [6, 6.07) is 5.67. The third-order valence-corrected chi connectivity index (χ3v) is 3.56. The van der Waals surface area contributed by atoms with Gasteiger partial charge in [-0.1, -0.05) is 12.1 Å². The van der Waals surface area contributed by atoms with Crippen LogP contribution in [-0.4, -0.2) is 15.3 Å². The Morgan fingerprint density at radius 3 is 2.79 bits per heavy atom. The monoisotopic (exact) mass is 324 g/mol. The highest BCUT2D eigenvalue weighted by molar-refractivity contribution is 9.10. The van der Waals surface area contributed by atoms with Gasteiger partial charge in [-0.2, -0.15) is 0 Å². The van der Waals surface area contributed by atoms with Gasteiger partial charge in [0.05, 0.1) is 24.1 Å². The van der Waals surface area contributed by atoms with Crippen LogP contribution in [0, 0.1) is 12.7 Å². The van der Waals surface area contributed by atoms with E-state index >= 15 is 0 Å². The summed E-state index contributed by atoms with van der Waals surface area (Å²) < 4.78 is 14.9. The highest BCUT2D eigenvalue weighted by Crippen LogP contribution is 2.09. The molecule has 0 aliphatic heterocycles. The molecule has 0 N–H and O–H groups in total. The van der Waals surface area contributed by atoms with E-state index in [4.69, 9.17) is 0 Å². The Morgan fingerprint density at radius 2 is 2.11 bits per heavy atom. The van der Waals surface area contributed by atoms with Crippen molar-refractivity contribution < 1.29 is 9.18 Å². The molecular formula is C13H10BrFN2O2. The molecule has 0 radical (unpaired) electrons. The summed E-state index contributed by atoms with van der Waals surface area (Å²) in [7, 11) is 0. The van der Waals surface area contributed by atoms with E-state index in [9.17, 15) is 14.0 Å². The van der Waals surface area contributed by atoms with Crippen LogP contribution in [0.1, 0.15) is 16.1 Å². The Morgan fingerprint density at radius 1 is 1.42 bits per heavy atom. The third-order valence-electron chi connectivity index (χ3n) is 2.65. The zero-order valence-electron chi connectivity index (χ0n) is 10.1. The van der Waals surface area contributed by atoms with E-state index < -0.39 is 11.6 Å². The van der Waals surface area contributed by atoms with Crippen LogP contribution < -0.4 is 5.56 Å². The number of halogens is 2. The number of rotatable bonds is 3. The number of hydrogen-bond acceptors (Lipinski definition) is 3. The van der Waals surface area contributed by atoms with Crippen LogP contribution >= 0.6 is 15.9 Å². The van der Waals surface area contributed by atoms with Crippen molar-refractivity contribution in [2.24, 2.45) is 0 Å². The quantitative estimate of drug-likeness (QED) is 0.814. The van der Waals surface area contributed by atoms with Gasteiger partial charge < -0.3 is 0 Å². The van der Waals surface area contributed by atoms with Gasteiger partial charge in [-0.05, 0) is 35.0 Å². The van der Waals surface area contributed by atoms with Gasteiger partial charge >= 0.3 is 0 Å². The number of carbonyl (C=O) groups excluding carboxylic acids is 1. The maximum absolute atomic E-state index is 13.5. The van der Waals surface area contributed by atoms with Crippen molar-refractivity contribution >= 4 is 21.7 Å². The Balaban J connectivity index is 2.33. The molecular weight excluding hydrogens is 315 g/mol. The first-order valence-corrected chi connectivity index (χ1v) is 6.29. The summed E-state index contributed by atoms with van der Waals surface area (Å²) in [5, 5.41) is 0.